The number of fused-ring (bicyclic) bond motifs is 1. The number of aliphatic carboxylic acids is 1. The van der Waals surface area contributed by atoms with E-state index >= 15 is 0 Å². The van der Waals surface area contributed by atoms with Crippen LogP contribution in [-0.4, -0.2) is 79.4 Å². The minimum atomic E-state index is -1.06. The molecule has 12 nitrogen and oxygen atoms in total. The minimum Gasteiger partial charge on any atom is -0.480 e. The molecule has 1 aliphatic rings. The molecule has 4 atom stereocenters. The van der Waals surface area contributed by atoms with E-state index in [1.54, 1.807) is 12.4 Å². The maximum absolute atomic E-state index is 13.7. The highest BCUT2D eigenvalue weighted by atomic mass is 16.4. The molecule has 0 bridgehead atoms. The first-order chi connectivity index (χ1) is 19.1. The minimum absolute atomic E-state index is 0.0459. The lowest BCUT2D eigenvalue weighted by atomic mass is 10.00. The van der Waals surface area contributed by atoms with Crippen molar-refractivity contribution in [3.05, 3.63) is 54.2 Å². The van der Waals surface area contributed by atoms with Gasteiger partial charge in [-0.1, -0.05) is 32.0 Å². The van der Waals surface area contributed by atoms with Gasteiger partial charge in [0.2, 0.25) is 17.7 Å². The van der Waals surface area contributed by atoms with Crippen molar-refractivity contribution in [3.8, 4) is 0 Å². The van der Waals surface area contributed by atoms with Crippen molar-refractivity contribution < 1.29 is 24.3 Å². The van der Waals surface area contributed by atoms with Gasteiger partial charge in [0.25, 0.3) is 0 Å². The average molecular weight is 552 g/mol. The fourth-order valence-corrected chi connectivity index (χ4v) is 5.19. The number of para-hydroxylation sites is 1. The van der Waals surface area contributed by atoms with Crippen molar-refractivity contribution in [2.45, 2.75) is 70.1 Å². The molecule has 7 N–H and O–H groups in total. The highest BCUT2D eigenvalue weighted by molar-refractivity contribution is 5.95. The number of aromatic amines is 2. The Hall–Kier alpha value is -4.19. The van der Waals surface area contributed by atoms with Gasteiger partial charge in [0.15, 0.2) is 0 Å². The summed E-state index contributed by atoms with van der Waals surface area (Å²) in [5.41, 5.74) is 8.53. The number of hydrogen-bond acceptors (Lipinski definition) is 6. The summed E-state index contributed by atoms with van der Waals surface area (Å²) in [4.78, 5) is 63.4. The number of rotatable bonds is 12. The third-order valence-electron chi connectivity index (χ3n) is 7.21. The first-order valence-electron chi connectivity index (χ1n) is 13.6. The van der Waals surface area contributed by atoms with E-state index in [0.29, 0.717) is 31.5 Å². The summed E-state index contributed by atoms with van der Waals surface area (Å²) in [6.45, 7) is 4.16. The second kappa shape index (κ2) is 12.8. The lowest BCUT2D eigenvalue weighted by Crippen LogP contribution is -2.58. The Bertz CT molecular complexity index is 1340. The van der Waals surface area contributed by atoms with Crippen LogP contribution in [0, 0.1) is 5.92 Å². The average Bonchev–Trinajstić information content (AvgIpc) is 3.68. The fraction of sp³-hybridized carbons (Fsp3) is 0.464. The van der Waals surface area contributed by atoms with Gasteiger partial charge in [-0.2, -0.15) is 0 Å². The van der Waals surface area contributed by atoms with Crippen molar-refractivity contribution >= 4 is 34.6 Å². The predicted molar refractivity (Wildman–Crippen MR) is 148 cm³/mol. The van der Waals surface area contributed by atoms with Crippen molar-refractivity contribution in [1.82, 2.24) is 30.5 Å². The topological polar surface area (TPSA) is 186 Å². The fourth-order valence-electron chi connectivity index (χ4n) is 5.19. The number of nitrogens with one attached hydrogen (secondary N) is 4. The Balaban J connectivity index is 1.56. The zero-order valence-corrected chi connectivity index (χ0v) is 22.7. The third kappa shape index (κ3) is 6.87. The highest BCUT2D eigenvalue weighted by Crippen LogP contribution is 2.22. The summed E-state index contributed by atoms with van der Waals surface area (Å²) >= 11 is 0. The van der Waals surface area contributed by atoms with Crippen LogP contribution in [0.25, 0.3) is 10.9 Å². The normalized spacial score (nSPS) is 17.5. The maximum Gasteiger partial charge on any atom is 0.326 e. The van der Waals surface area contributed by atoms with E-state index < -0.39 is 47.9 Å². The maximum atomic E-state index is 13.7. The molecule has 4 rings (SSSR count). The molecule has 0 aliphatic carbocycles. The molecular weight excluding hydrogens is 514 g/mol. The quantitative estimate of drug-likeness (QED) is 0.194. The van der Waals surface area contributed by atoms with Crippen molar-refractivity contribution in [1.29, 1.82) is 0 Å². The molecule has 1 aliphatic heterocycles. The molecule has 3 heterocycles. The number of nitrogens with two attached hydrogens (primary N) is 1. The zero-order valence-electron chi connectivity index (χ0n) is 22.7. The molecule has 214 valence electrons. The van der Waals surface area contributed by atoms with Gasteiger partial charge in [0.1, 0.15) is 18.1 Å². The largest absolute Gasteiger partial charge is 0.480 e. The number of likely N-dealkylation sites (tertiary alicyclic amines) is 1. The number of carbonyl (C=O) groups is 4. The van der Waals surface area contributed by atoms with Gasteiger partial charge in [0.05, 0.1) is 12.4 Å². The molecule has 1 fully saturated rings. The molecule has 1 saturated heterocycles. The van der Waals surface area contributed by atoms with Crippen LogP contribution in [0.5, 0.6) is 0 Å². The Morgan fingerprint density at radius 2 is 1.85 bits per heavy atom. The summed E-state index contributed by atoms with van der Waals surface area (Å²) in [5, 5.41) is 16.1. The lowest BCUT2D eigenvalue weighted by molar-refractivity contribution is -0.149. The second-order valence-corrected chi connectivity index (χ2v) is 10.7. The van der Waals surface area contributed by atoms with Crippen LogP contribution >= 0.6 is 0 Å². The van der Waals surface area contributed by atoms with Gasteiger partial charge in [0, 0.05) is 48.4 Å². The number of carboxylic acids is 1. The molecule has 0 radical (unpaired) electrons. The number of carbonyl (C=O) groups excluding carboxylic acids is 3. The Morgan fingerprint density at radius 1 is 1.10 bits per heavy atom. The molecule has 4 unspecified atom stereocenters. The van der Waals surface area contributed by atoms with Crippen LogP contribution in [0.1, 0.15) is 44.4 Å². The molecular formula is C28H37N7O5. The summed E-state index contributed by atoms with van der Waals surface area (Å²) in [6.07, 6.45) is 6.49. The second-order valence-electron chi connectivity index (χ2n) is 10.7. The van der Waals surface area contributed by atoms with E-state index in [1.807, 2.05) is 38.1 Å². The highest BCUT2D eigenvalue weighted by Gasteiger charge is 2.38. The number of carboxylic acid groups (broad SMARTS) is 1. The molecule has 3 amide bonds. The number of amides is 3. The van der Waals surface area contributed by atoms with Crippen LogP contribution in [0.15, 0.2) is 43.0 Å². The summed E-state index contributed by atoms with van der Waals surface area (Å²) in [5.74, 6) is -2.51. The predicted octanol–water partition coefficient (Wildman–Crippen LogP) is 1.09. The van der Waals surface area contributed by atoms with Crippen LogP contribution in [0.3, 0.4) is 0 Å². The lowest BCUT2D eigenvalue weighted by Gasteiger charge is -2.29. The van der Waals surface area contributed by atoms with Crippen molar-refractivity contribution in [2.75, 3.05) is 6.54 Å². The number of benzene rings is 1. The summed E-state index contributed by atoms with van der Waals surface area (Å²) in [6, 6.07) is 3.80. The molecule has 0 saturated carbocycles. The van der Waals surface area contributed by atoms with E-state index in [0.717, 1.165) is 16.5 Å². The van der Waals surface area contributed by atoms with E-state index in [4.69, 9.17) is 5.73 Å². The van der Waals surface area contributed by atoms with Gasteiger partial charge in [-0.15, -0.1) is 0 Å². The zero-order chi connectivity index (χ0) is 28.8. The number of hydrogen-bond donors (Lipinski definition) is 6. The molecule has 3 aromatic rings. The van der Waals surface area contributed by atoms with E-state index in [1.165, 1.54) is 11.2 Å². The Labute approximate surface area is 232 Å². The SMILES string of the molecule is CC(C)CC(NC(=O)C(Cc1c[nH]c2ccccc12)NC(=O)C(N)Cc1cnc[nH]1)C(=O)N1CCCC1C(=O)O. The number of nitrogens with zero attached hydrogens (tertiary/aromatic N) is 2. The van der Waals surface area contributed by atoms with Gasteiger partial charge in [-0.05, 0) is 36.8 Å². The monoisotopic (exact) mass is 551 g/mol. The van der Waals surface area contributed by atoms with Gasteiger partial charge in [-0.25, -0.2) is 9.78 Å². The smallest absolute Gasteiger partial charge is 0.326 e. The van der Waals surface area contributed by atoms with Crippen molar-refractivity contribution in [3.63, 3.8) is 0 Å². The first-order valence-corrected chi connectivity index (χ1v) is 13.6. The Morgan fingerprint density at radius 3 is 2.55 bits per heavy atom. The van der Waals surface area contributed by atoms with Crippen molar-refractivity contribution in [2.24, 2.45) is 11.7 Å². The number of H-pyrrole nitrogens is 2. The molecule has 40 heavy (non-hydrogen) atoms. The Kier molecular flexibility index (Phi) is 9.20. The van der Waals surface area contributed by atoms with E-state index in [9.17, 15) is 24.3 Å². The molecule has 2 aromatic heterocycles. The van der Waals surface area contributed by atoms with Gasteiger partial charge < -0.3 is 36.3 Å². The van der Waals surface area contributed by atoms with Crippen LogP contribution in [-0.2, 0) is 32.0 Å². The number of imidazole rings is 1. The van der Waals surface area contributed by atoms with Crippen LogP contribution in [0.2, 0.25) is 0 Å². The molecule has 0 spiro atoms. The van der Waals surface area contributed by atoms with Crippen LogP contribution in [0.4, 0.5) is 0 Å². The van der Waals surface area contributed by atoms with Gasteiger partial charge >= 0.3 is 5.97 Å². The van der Waals surface area contributed by atoms with Crippen LogP contribution < -0.4 is 16.4 Å². The van der Waals surface area contributed by atoms with E-state index in [-0.39, 0.29) is 18.8 Å². The molecule has 12 heteroatoms. The summed E-state index contributed by atoms with van der Waals surface area (Å²) in [7, 11) is 0. The standard InChI is InChI=1S/C28H37N7O5/c1-16(2)10-23(27(38)35-9-5-8-24(35)28(39)40)34-26(37)22(11-17-13-31-21-7-4-3-6-19(17)21)33-25(36)20(29)12-18-14-30-15-32-18/h3-4,6-7,13-16,20,22-24,31H,5,8-12,29H2,1-2H3,(H,30,32)(H,33,36)(H,34,37)(H,39,40). The molecule has 1 aromatic carbocycles. The first kappa shape index (κ1) is 28.8. The van der Waals surface area contributed by atoms with Gasteiger partial charge in [-0.3, -0.25) is 14.4 Å². The summed E-state index contributed by atoms with van der Waals surface area (Å²) < 4.78 is 0. The number of aromatic nitrogens is 3. The van der Waals surface area contributed by atoms with E-state index in [2.05, 4.69) is 25.6 Å². The third-order valence-corrected chi connectivity index (χ3v) is 7.21.